The van der Waals surface area contributed by atoms with E-state index in [9.17, 15) is 4.79 Å². The Kier molecular flexibility index (Phi) is 4.21. The molecule has 2 N–H and O–H groups in total. The van der Waals surface area contributed by atoms with Crippen LogP contribution < -0.4 is 20.1 Å². The number of ether oxygens (including phenoxy) is 2. The minimum absolute atomic E-state index is 0.246. The molecule has 0 fully saturated rings. The topological polar surface area (TPSA) is 89.8 Å². The Morgan fingerprint density at radius 3 is 2.76 bits per heavy atom. The molecule has 0 atom stereocenters. The summed E-state index contributed by atoms with van der Waals surface area (Å²) in [7, 11) is 0. The van der Waals surface area contributed by atoms with E-state index in [1.165, 1.54) is 0 Å². The van der Waals surface area contributed by atoms with Gasteiger partial charge in [0.2, 0.25) is 12.7 Å². The second-order valence-corrected chi connectivity index (χ2v) is 6.48. The molecular weight excluding hydrogens is 370 g/mol. The molecule has 4 aromatic rings. The van der Waals surface area contributed by atoms with Gasteiger partial charge in [-0.1, -0.05) is 30.3 Å². The molecule has 144 valence electrons. The summed E-state index contributed by atoms with van der Waals surface area (Å²) in [5.74, 6) is 2.25. The number of aromatic nitrogens is 3. The maximum absolute atomic E-state index is 12.3. The van der Waals surface area contributed by atoms with Crippen LogP contribution in [0.1, 0.15) is 15.9 Å². The molecule has 1 aliphatic rings. The van der Waals surface area contributed by atoms with Gasteiger partial charge in [-0.2, -0.15) is 9.50 Å². The number of rotatable bonds is 5. The molecule has 0 saturated heterocycles. The van der Waals surface area contributed by atoms with Crippen molar-refractivity contribution in [2.75, 3.05) is 17.4 Å². The lowest BCUT2D eigenvalue weighted by Crippen LogP contribution is -2.13. The Morgan fingerprint density at radius 2 is 1.86 bits per heavy atom. The van der Waals surface area contributed by atoms with E-state index < -0.39 is 0 Å². The first kappa shape index (κ1) is 17.1. The summed E-state index contributed by atoms with van der Waals surface area (Å²) in [6.45, 7) is 0.823. The SMILES string of the molecule is O=C(Nc1nc2cccc(NCc3ccc4c(c3)OCO4)n2n1)c1ccccc1. The summed E-state index contributed by atoms with van der Waals surface area (Å²) in [4.78, 5) is 16.7. The van der Waals surface area contributed by atoms with Crippen LogP contribution in [-0.2, 0) is 6.54 Å². The van der Waals surface area contributed by atoms with E-state index in [0.717, 1.165) is 22.9 Å². The average molecular weight is 387 g/mol. The quantitative estimate of drug-likeness (QED) is 0.546. The van der Waals surface area contributed by atoms with Gasteiger partial charge in [-0.05, 0) is 42.0 Å². The number of benzene rings is 2. The van der Waals surface area contributed by atoms with Crippen molar-refractivity contribution in [3.05, 3.63) is 77.9 Å². The number of pyridine rings is 1. The van der Waals surface area contributed by atoms with E-state index in [1.807, 2.05) is 54.6 Å². The molecule has 5 rings (SSSR count). The van der Waals surface area contributed by atoms with E-state index in [2.05, 4.69) is 20.7 Å². The summed E-state index contributed by atoms with van der Waals surface area (Å²) >= 11 is 0. The van der Waals surface area contributed by atoms with Crippen molar-refractivity contribution in [2.24, 2.45) is 0 Å². The maximum Gasteiger partial charge on any atom is 0.258 e. The van der Waals surface area contributed by atoms with Crippen molar-refractivity contribution in [3.8, 4) is 11.5 Å². The van der Waals surface area contributed by atoms with Crippen molar-refractivity contribution in [3.63, 3.8) is 0 Å². The fraction of sp³-hybridized carbons (Fsp3) is 0.0952. The lowest BCUT2D eigenvalue weighted by molar-refractivity contribution is 0.102. The van der Waals surface area contributed by atoms with Gasteiger partial charge in [0.15, 0.2) is 17.1 Å². The molecule has 0 bridgehead atoms. The molecule has 0 spiro atoms. The predicted molar refractivity (Wildman–Crippen MR) is 107 cm³/mol. The number of carbonyl (C=O) groups excluding carboxylic acids is 1. The summed E-state index contributed by atoms with van der Waals surface area (Å²) in [6, 6.07) is 20.4. The zero-order valence-corrected chi connectivity index (χ0v) is 15.3. The van der Waals surface area contributed by atoms with Crippen LogP contribution in [0.25, 0.3) is 5.65 Å². The lowest BCUT2D eigenvalue weighted by Gasteiger charge is -2.08. The number of fused-ring (bicyclic) bond motifs is 2. The van der Waals surface area contributed by atoms with Gasteiger partial charge in [0.25, 0.3) is 5.91 Å². The summed E-state index contributed by atoms with van der Waals surface area (Å²) in [5.41, 5.74) is 2.22. The molecule has 29 heavy (non-hydrogen) atoms. The van der Waals surface area contributed by atoms with Gasteiger partial charge in [0, 0.05) is 12.1 Å². The number of hydrogen-bond acceptors (Lipinski definition) is 6. The molecule has 1 aliphatic heterocycles. The first-order valence-electron chi connectivity index (χ1n) is 9.11. The highest BCUT2D eigenvalue weighted by molar-refractivity contribution is 6.03. The first-order chi connectivity index (χ1) is 14.3. The first-order valence-corrected chi connectivity index (χ1v) is 9.11. The standard InChI is InChI=1S/C21H17N5O3/c27-20(15-5-2-1-3-6-15)24-21-23-19-8-4-7-18(26(19)25-21)22-12-14-9-10-16-17(11-14)29-13-28-16/h1-11,22H,12-13H2,(H,24,25,27). The molecular formula is C21H17N5O3. The molecule has 0 saturated carbocycles. The molecule has 3 heterocycles. The second kappa shape index (κ2) is 7.16. The number of nitrogens with zero attached hydrogens (tertiary/aromatic N) is 3. The highest BCUT2D eigenvalue weighted by Crippen LogP contribution is 2.32. The minimum Gasteiger partial charge on any atom is -0.454 e. The smallest absolute Gasteiger partial charge is 0.258 e. The number of nitrogens with one attached hydrogen (secondary N) is 2. The normalized spacial score (nSPS) is 12.1. The molecule has 2 aromatic carbocycles. The van der Waals surface area contributed by atoms with Gasteiger partial charge in [-0.15, -0.1) is 5.10 Å². The van der Waals surface area contributed by atoms with E-state index in [4.69, 9.17) is 9.47 Å². The third-order valence-corrected chi connectivity index (χ3v) is 4.53. The molecule has 0 aliphatic carbocycles. The van der Waals surface area contributed by atoms with Crippen LogP contribution in [0.15, 0.2) is 66.7 Å². The van der Waals surface area contributed by atoms with Gasteiger partial charge in [-0.25, -0.2) is 0 Å². The third kappa shape index (κ3) is 3.43. The summed E-state index contributed by atoms with van der Waals surface area (Å²) < 4.78 is 12.4. The molecule has 8 heteroatoms. The Labute approximate surface area is 166 Å². The Balaban J connectivity index is 1.34. The molecule has 0 unspecified atom stereocenters. The monoisotopic (exact) mass is 387 g/mol. The van der Waals surface area contributed by atoms with E-state index in [1.54, 1.807) is 16.6 Å². The number of anilines is 2. The van der Waals surface area contributed by atoms with Crippen LogP contribution in [0.4, 0.5) is 11.8 Å². The number of carbonyl (C=O) groups is 1. The van der Waals surface area contributed by atoms with Gasteiger partial charge in [0.1, 0.15) is 5.82 Å². The van der Waals surface area contributed by atoms with Gasteiger partial charge in [-0.3, -0.25) is 10.1 Å². The molecule has 1 amide bonds. The van der Waals surface area contributed by atoms with Crippen molar-refractivity contribution in [1.82, 2.24) is 14.6 Å². The lowest BCUT2D eigenvalue weighted by atomic mass is 10.2. The highest BCUT2D eigenvalue weighted by Gasteiger charge is 2.14. The van der Waals surface area contributed by atoms with Crippen LogP contribution in [0.3, 0.4) is 0 Å². The third-order valence-electron chi connectivity index (χ3n) is 4.53. The zero-order valence-electron chi connectivity index (χ0n) is 15.3. The Morgan fingerprint density at radius 1 is 1.00 bits per heavy atom. The fourth-order valence-electron chi connectivity index (χ4n) is 3.10. The van der Waals surface area contributed by atoms with Crippen LogP contribution in [-0.4, -0.2) is 27.3 Å². The Bertz CT molecular complexity index is 1190. The largest absolute Gasteiger partial charge is 0.454 e. The highest BCUT2D eigenvalue weighted by atomic mass is 16.7. The molecule has 2 aromatic heterocycles. The van der Waals surface area contributed by atoms with Gasteiger partial charge in [0.05, 0.1) is 0 Å². The van der Waals surface area contributed by atoms with Crippen molar-refractivity contribution >= 4 is 23.3 Å². The number of hydrogen-bond donors (Lipinski definition) is 2. The van der Waals surface area contributed by atoms with Crippen LogP contribution in [0, 0.1) is 0 Å². The minimum atomic E-state index is -0.253. The zero-order chi connectivity index (χ0) is 19.6. The van der Waals surface area contributed by atoms with Crippen molar-refractivity contribution < 1.29 is 14.3 Å². The predicted octanol–water partition coefficient (Wildman–Crippen LogP) is 3.32. The van der Waals surface area contributed by atoms with E-state index in [0.29, 0.717) is 17.8 Å². The molecule has 8 nitrogen and oxygen atoms in total. The Hall–Kier alpha value is -4.07. The summed E-state index contributed by atoms with van der Waals surface area (Å²) in [6.07, 6.45) is 0. The van der Waals surface area contributed by atoms with Crippen molar-refractivity contribution in [2.45, 2.75) is 6.54 Å². The van der Waals surface area contributed by atoms with Gasteiger partial charge < -0.3 is 14.8 Å². The summed E-state index contributed by atoms with van der Waals surface area (Å²) in [5, 5.41) is 10.5. The van der Waals surface area contributed by atoms with Crippen LogP contribution >= 0.6 is 0 Å². The number of amides is 1. The second-order valence-electron chi connectivity index (χ2n) is 6.48. The van der Waals surface area contributed by atoms with E-state index >= 15 is 0 Å². The maximum atomic E-state index is 12.3. The van der Waals surface area contributed by atoms with E-state index in [-0.39, 0.29) is 18.6 Å². The average Bonchev–Trinajstić information content (AvgIpc) is 3.39. The fourth-order valence-corrected chi connectivity index (χ4v) is 3.10. The molecule has 0 radical (unpaired) electrons. The van der Waals surface area contributed by atoms with Crippen LogP contribution in [0.5, 0.6) is 11.5 Å². The van der Waals surface area contributed by atoms with Crippen LogP contribution in [0.2, 0.25) is 0 Å². The van der Waals surface area contributed by atoms with Crippen molar-refractivity contribution in [1.29, 1.82) is 0 Å². The van der Waals surface area contributed by atoms with Gasteiger partial charge >= 0.3 is 0 Å².